The van der Waals surface area contributed by atoms with Crippen molar-refractivity contribution in [2.24, 2.45) is 0 Å². The molecule has 1 saturated heterocycles. The number of carbonyl (C=O) groups is 2. The Morgan fingerprint density at radius 1 is 1.21 bits per heavy atom. The Kier molecular flexibility index (Phi) is 6.09. The highest BCUT2D eigenvalue weighted by Gasteiger charge is 2.45. The minimum Gasteiger partial charge on any atom is -0.487 e. The van der Waals surface area contributed by atoms with E-state index in [-0.39, 0.29) is 28.9 Å². The summed E-state index contributed by atoms with van der Waals surface area (Å²) in [6.07, 6.45) is 0.265. The molecule has 1 aromatic carbocycles. The highest BCUT2D eigenvalue weighted by atomic mass is 19.3. The van der Waals surface area contributed by atoms with E-state index in [0.717, 1.165) is 12.8 Å². The van der Waals surface area contributed by atoms with Gasteiger partial charge in [0.25, 0.3) is 12.3 Å². The molecule has 0 saturated carbocycles. The summed E-state index contributed by atoms with van der Waals surface area (Å²) in [5, 5.41) is 3.11. The van der Waals surface area contributed by atoms with Gasteiger partial charge in [0.15, 0.2) is 0 Å². The quantitative estimate of drug-likeness (QED) is 0.707. The van der Waals surface area contributed by atoms with Crippen molar-refractivity contribution >= 4 is 23.3 Å². The van der Waals surface area contributed by atoms with Gasteiger partial charge in [0.1, 0.15) is 18.2 Å². The lowest BCUT2D eigenvalue weighted by molar-refractivity contribution is -0.121. The summed E-state index contributed by atoms with van der Waals surface area (Å²) < 4.78 is 35.5. The second kappa shape index (κ2) is 8.70. The summed E-state index contributed by atoms with van der Waals surface area (Å²) in [6, 6.07) is 8.05. The third kappa shape index (κ3) is 4.55. The first-order valence-corrected chi connectivity index (χ1v) is 10.9. The van der Waals surface area contributed by atoms with E-state index < -0.39 is 18.4 Å². The van der Waals surface area contributed by atoms with Gasteiger partial charge in [-0.3, -0.25) is 14.5 Å². The number of amides is 2. The summed E-state index contributed by atoms with van der Waals surface area (Å²) in [6.45, 7) is 6.03. The van der Waals surface area contributed by atoms with Crippen LogP contribution in [-0.2, 0) is 14.9 Å². The molecule has 1 aromatic heterocycles. The predicted octanol–water partition coefficient (Wildman–Crippen LogP) is 3.98. The number of hydrogen-bond donors (Lipinski definition) is 1. The SMILES string of the molecule is CC1(NC(=O)c2ccc3c(c2)C(C)(C)C(=O)N3c2cc(OCC(F)F)ccn2)CCOCC1. The van der Waals surface area contributed by atoms with E-state index in [1.165, 1.54) is 23.2 Å². The molecular weight excluding hydrogens is 432 g/mol. The maximum atomic E-state index is 13.3. The van der Waals surface area contributed by atoms with Gasteiger partial charge in [-0.05, 0) is 63.4 Å². The molecular formula is C24H27F2N3O4. The van der Waals surface area contributed by atoms with Crippen LogP contribution in [0.3, 0.4) is 0 Å². The molecule has 2 amide bonds. The Morgan fingerprint density at radius 2 is 1.94 bits per heavy atom. The summed E-state index contributed by atoms with van der Waals surface area (Å²) in [5.41, 5.74) is 0.505. The van der Waals surface area contributed by atoms with Crippen molar-refractivity contribution < 1.29 is 27.8 Å². The van der Waals surface area contributed by atoms with E-state index in [4.69, 9.17) is 9.47 Å². The highest BCUT2D eigenvalue weighted by Crippen LogP contribution is 2.45. The summed E-state index contributed by atoms with van der Waals surface area (Å²) in [7, 11) is 0. The van der Waals surface area contributed by atoms with Gasteiger partial charge in [-0.1, -0.05) is 0 Å². The first-order valence-electron chi connectivity index (χ1n) is 10.9. The molecule has 0 unspecified atom stereocenters. The molecule has 0 spiro atoms. The summed E-state index contributed by atoms with van der Waals surface area (Å²) >= 11 is 0. The Labute approximate surface area is 191 Å². The maximum absolute atomic E-state index is 13.3. The molecule has 9 heteroatoms. The molecule has 0 atom stereocenters. The van der Waals surface area contributed by atoms with Crippen molar-refractivity contribution in [2.45, 2.75) is 51.0 Å². The van der Waals surface area contributed by atoms with Crippen LogP contribution < -0.4 is 15.0 Å². The smallest absolute Gasteiger partial charge is 0.272 e. The lowest BCUT2D eigenvalue weighted by Gasteiger charge is -2.34. The minimum absolute atomic E-state index is 0.194. The second-order valence-corrected chi connectivity index (χ2v) is 9.18. The maximum Gasteiger partial charge on any atom is 0.272 e. The fraction of sp³-hybridized carbons (Fsp3) is 0.458. The zero-order valence-electron chi connectivity index (χ0n) is 18.9. The van der Waals surface area contributed by atoms with Crippen molar-refractivity contribution in [3.05, 3.63) is 47.7 Å². The zero-order valence-corrected chi connectivity index (χ0v) is 18.9. The Balaban J connectivity index is 1.63. The number of alkyl halides is 2. The number of nitrogens with one attached hydrogen (secondary N) is 1. The number of ether oxygens (including phenoxy) is 2. The molecule has 2 aliphatic rings. The molecule has 3 heterocycles. The number of halogens is 2. The van der Waals surface area contributed by atoms with Gasteiger partial charge in [-0.25, -0.2) is 13.8 Å². The Hall–Kier alpha value is -3.07. The number of nitrogens with zero attached hydrogens (tertiary/aromatic N) is 2. The fourth-order valence-electron chi connectivity index (χ4n) is 4.17. The number of fused-ring (bicyclic) bond motifs is 1. The predicted molar refractivity (Wildman–Crippen MR) is 118 cm³/mol. The molecule has 1 N–H and O–H groups in total. The second-order valence-electron chi connectivity index (χ2n) is 9.18. The third-order valence-electron chi connectivity index (χ3n) is 6.24. The van der Waals surface area contributed by atoms with E-state index in [9.17, 15) is 18.4 Å². The molecule has 4 rings (SSSR count). The minimum atomic E-state index is -2.61. The van der Waals surface area contributed by atoms with Gasteiger partial charge in [-0.2, -0.15) is 0 Å². The van der Waals surface area contributed by atoms with Crippen molar-refractivity contribution in [2.75, 3.05) is 24.7 Å². The molecule has 2 aliphatic heterocycles. The van der Waals surface area contributed by atoms with Gasteiger partial charge in [0, 0.05) is 36.6 Å². The van der Waals surface area contributed by atoms with Crippen LogP contribution in [0, 0.1) is 0 Å². The van der Waals surface area contributed by atoms with Crippen LogP contribution in [0.2, 0.25) is 0 Å². The number of benzene rings is 1. The number of hydrogen-bond acceptors (Lipinski definition) is 5. The molecule has 33 heavy (non-hydrogen) atoms. The fourth-order valence-corrected chi connectivity index (χ4v) is 4.17. The van der Waals surface area contributed by atoms with Crippen LogP contribution in [0.5, 0.6) is 5.75 Å². The van der Waals surface area contributed by atoms with Gasteiger partial charge in [0.05, 0.1) is 11.1 Å². The van der Waals surface area contributed by atoms with Crippen LogP contribution in [0.15, 0.2) is 36.5 Å². The van der Waals surface area contributed by atoms with Crippen LogP contribution in [0.25, 0.3) is 0 Å². The average Bonchev–Trinajstić information content (AvgIpc) is 2.98. The number of aromatic nitrogens is 1. The molecule has 1 fully saturated rings. The number of anilines is 2. The first kappa shape index (κ1) is 23.1. The van der Waals surface area contributed by atoms with Gasteiger partial charge < -0.3 is 14.8 Å². The number of carbonyl (C=O) groups excluding carboxylic acids is 2. The molecule has 176 valence electrons. The van der Waals surface area contributed by atoms with Crippen LogP contribution >= 0.6 is 0 Å². The van der Waals surface area contributed by atoms with Crippen molar-refractivity contribution in [3.63, 3.8) is 0 Å². The standard InChI is InChI=1S/C24H27F2N3O4/c1-23(2)17-12-15(21(30)28-24(3)7-10-32-11-8-24)4-5-18(17)29(22(23)31)20-13-16(6-9-27-20)33-14-19(25)26/h4-6,9,12-13,19H,7-8,10-11,14H2,1-3H3,(H,28,30). The Bertz CT molecular complexity index is 1070. The van der Waals surface area contributed by atoms with Gasteiger partial charge >= 0.3 is 0 Å². The van der Waals surface area contributed by atoms with Crippen LogP contribution in [-0.4, -0.2) is 48.6 Å². The average molecular weight is 459 g/mol. The lowest BCUT2D eigenvalue weighted by Crippen LogP contribution is -2.49. The van der Waals surface area contributed by atoms with Gasteiger partial charge in [0.2, 0.25) is 5.91 Å². The number of pyridine rings is 1. The van der Waals surface area contributed by atoms with Crippen LogP contribution in [0.4, 0.5) is 20.3 Å². The summed E-state index contributed by atoms with van der Waals surface area (Å²) in [5.74, 6) is 0.0277. The van der Waals surface area contributed by atoms with E-state index in [1.54, 1.807) is 32.0 Å². The molecule has 0 bridgehead atoms. The normalized spacial score (nSPS) is 18.8. The molecule has 0 radical (unpaired) electrons. The van der Waals surface area contributed by atoms with E-state index >= 15 is 0 Å². The first-order chi connectivity index (χ1) is 15.6. The lowest BCUT2D eigenvalue weighted by atomic mass is 9.85. The summed E-state index contributed by atoms with van der Waals surface area (Å²) in [4.78, 5) is 32.0. The third-order valence-corrected chi connectivity index (χ3v) is 6.24. The zero-order chi connectivity index (χ0) is 23.8. The molecule has 7 nitrogen and oxygen atoms in total. The van der Waals surface area contributed by atoms with Crippen molar-refractivity contribution in [1.82, 2.24) is 10.3 Å². The van der Waals surface area contributed by atoms with E-state index in [2.05, 4.69) is 10.3 Å². The molecule has 2 aromatic rings. The van der Waals surface area contributed by atoms with Crippen molar-refractivity contribution in [3.8, 4) is 5.75 Å². The van der Waals surface area contributed by atoms with Gasteiger partial charge in [-0.15, -0.1) is 0 Å². The Morgan fingerprint density at radius 3 is 2.64 bits per heavy atom. The topological polar surface area (TPSA) is 80.8 Å². The monoisotopic (exact) mass is 459 g/mol. The number of rotatable bonds is 6. The van der Waals surface area contributed by atoms with E-state index in [1.807, 2.05) is 6.92 Å². The largest absolute Gasteiger partial charge is 0.487 e. The van der Waals surface area contributed by atoms with E-state index in [0.29, 0.717) is 30.0 Å². The molecule has 0 aliphatic carbocycles. The highest BCUT2D eigenvalue weighted by molar-refractivity contribution is 6.12. The van der Waals surface area contributed by atoms with Crippen LogP contribution in [0.1, 0.15) is 49.5 Å². The van der Waals surface area contributed by atoms with Crippen molar-refractivity contribution in [1.29, 1.82) is 0 Å².